The van der Waals surface area contributed by atoms with Gasteiger partial charge in [0.2, 0.25) is 10.0 Å². The fourth-order valence-electron chi connectivity index (χ4n) is 2.38. The molecule has 1 saturated heterocycles. The minimum atomic E-state index is -3.05. The predicted octanol–water partition coefficient (Wildman–Crippen LogP) is 1.68. The number of hydrogen-bond donors (Lipinski definition) is 1. The molecular weight excluding hydrogens is 248 g/mol. The molecule has 0 bridgehead atoms. The molecule has 0 amide bonds. The van der Waals surface area contributed by atoms with Crippen molar-refractivity contribution in [3.05, 3.63) is 0 Å². The second-order valence-electron chi connectivity index (χ2n) is 6.10. The number of sulfonamides is 1. The van der Waals surface area contributed by atoms with Crippen molar-refractivity contribution in [1.29, 1.82) is 0 Å². The van der Waals surface area contributed by atoms with Crippen molar-refractivity contribution < 1.29 is 8.42 Å². The van der Waals surface area contributed by atoms with Crippen LogP contribution in [0, 0.1) is 11.8 Å². The summed E-state index contributed by atoms with van der Waals surface area (Å²) in [5, 5.41) is 3.41. The quantitative estimate of drug-likeness (QED) is 0.803. The molecule has 18 heavy (non-hydrogen) atoms. The number of hydrogen-bond acceptors (Lipinski definition) is 3. The molecule has 1 unspecified atom stereocenters. The third-order valence-electron chi connectivity index (χ3n) is 3.23. The molecule has 1 fully saturated rings. The van der Waals surface area contributed by atoms with Crippen LogP contribution in [0.2, 0.25) is 0 Å². The Bertz CT molecular complexity index is 339. The Morgan fingerprint density at radius 1 is 1.28 bits per heavy atom. The van der Waals surface area contributed by atoms with Crippen LogP contribution < -0.4 is 5.32 Å². The fourth-order valence-corrected chi connectivity index (χ4v) is 4.27. The maximum Gasteiger partial charge on any atom is 0.214 e. The summed E-state index contributed by atoms with van der Waals surface area (Å²) in [7, 11) is -3.05. The van der Waals surface area contributed by atoms with Gasteiger partial charge in [-0.25, -0.2) is 12.7 Å². The molecule has 0 aliphatic carbocycles. The Kier molecular flexibility index (Phi) is 6.08. The first-order valence-electron chi connectivity index (χ1n) is 7.02. The fraction of sp³-hybridized carbons (Fsp3) is 1.00. The van der Waals surface area contributed by atoms with Gasteiger partial charge < -0.3 is 5.32 Å². The molecule has 0 spiro atoms. The van der Waals surface area contributed by atoms with Crippen molar-refractivity contribution in [1.82, 2.24) is 9.62 Å². The minimum absolute atomic E-state index is 0.198. The molecular formula is C13H28N2O2S. The second kappa shape index (κ2) is 6.87. The van der Waals surface area contributed by atoms with E-state index in [1.54, 1.807) is 4.31 Å². The van der Waals surface area contributed by atoms with Gasteiger partial charge >= 0.3 is 0 Å². The Morgan fingerprint density at radius 3 is 2.50 bits per heavy atom. The summed E-state index contributed by atoms with van der Waals surface area (Å²) < 4.78 is 26.1. The van der Waals surface area contributed by atoms with E-state index in [4.69, 9.17) is 0 Å². The smallest absolute Gasteiger partial charge is 0.214 e. The summed E-state index contributed by atoms with van der Waals surface area (Å²) in [5.74, 6) is 0.935. The van der Waals surface area contributed by atoms with Gasteiger partial charge in [-0.1, -0.05) is 27.7 Å². The first-order chi connectivity index (χ1) is 8.31. The van der Waals surface area contributed by atoms with Crippen LogP contribution >= 0.6 is 0 Å². The maximum atomic E-state index is 12.2. The lowest BCUT2D eigenvalue weighted by Crippen LogP contribution is -2.45. The molecule has 0 aromatic rings. The van der Waals surface area contributed by atoms with Crippen LogP contribution in [0.5, 0.6) is 0 Å². The average molecular weight is 276 g/mol. The van der Waals surface area contributed by atoms with Crippen LogP contribution in [0.3, 0.4) is 0 Å². The summed E-state index contributed by atoms with van der Waals surface area (Å²) in [4.78, 5) is 0. The van der Waals surface area contributed by atoms with Crippen molar-refractivity contribution in [3.63, 3.8) is 0 Å². The highest BCUT2D eigenvalue weighted by Crippen LogP contribution is 2.20. The normalized spacial score (nSPS) is 22.9. The summed E-state index contributed by atoms with van der Waals surface area (Å²) in [5.41, 5.74) is 0. The van der Waals surface area contributed by atoms with Gasteiger partial charge in [0.25, 0.3) is 0 Å². The average Bonchev–Trinajstić information content (AvgIpc) is 2.25. The third kappa shape index (κ3) is 5.24. The van der Waals surface area contributed by atoms with Crippen molar-refractivity contribution in [2.75, 3.05) is 25.4 Å². The Hall–Kier alpha value is -0.130. The second-order valence-corrected chi connectivity index (χ2v) is 8.12. The minimum Gasteiger partial charge on any atom is -0.314 e. The highest BCUT2D eigenvalue weighted by Gasteiger charge is 2.29. The van der Waals surface area contributed by atoms with Gasteiger partial charge in [0.05, 0.1) is 5.75 Å². The molecule has 0 aromatic heterocycles. The van der Waals surface area contributed by atoms with Gasteiger partial charge in [0.1, 0.15) is 0 Å². The van der Waals surface area contributed by atoms with Gasteiger partial charge in [-0.3, -0.25) is 0 Å². The molecule has 0 aromatic carbocycles. The first kappa shape index (κ1) is 15.9. The number of rotatable bonds is 6. The van der Waals surface area contributed by atoms with E-state index in [0.29, 0.717) is 25.0 Å². The van der Waals surface area contributed by atoms with Gasteiger partial charge in [-0.05, 0) is 31.2 Å². The molecule has 5 heteroatoms. The molecule has 108 valence electrons. The predicted molar refractivity (Wildman–Crippen MR) is 76.1 cm³/mol. The standard InChI is InChI=1S/C13H28N2O2S/c1-11(2)10-18(16,17)15-7-5-6-13(9-15)8-14-12(3)4/h11-14H,5-10H2,1-4H3. The topological polar surface area (TPSA) is 49.4 Å². The van der Waals surface area contributed by atoms with E-state index >= 15 is 0 Å². The van der Waals surface area contributed by atoms with Crippen molar-refractivity contribution in [2.45, 2.75) is 46.6 Å². The molecule has 1 heterocycles. The lowest BCUT2D eigenvalue weighted by Gasteiger charge is -2.32. The molecule has 4 nitrogen and oxygen atoms in total. The molecule has 1 aliphatic heterocycles. The molecule has 0 radical (unpaired) electrons. The molecule has 1 N–H and O–H groups in total. The van der Waals surface area contributed by atoms with E-state index in [9.17, 15) is 8.42 Å². The van der Waals surface area contributed by atoms with Crippen LogP contribution in [-0.4, -0.2) is 44.2 Å². The van der Waals surface area contributed by atoms with Gasteiger partial charge in [-0.2, -0.15) is 0 Å². The lowest BCUT2D eigenvalue weighted by molar-refractivity contribution is 0.256. The molecule has 1 rings (SSSR count). The van der Waals surface area contributed by atoms with Crippen LogP contribution in [-0.2, 0) is 10.0 Å². The Balaban J connectivity index is 2.52. The summed E-state index contributed by atoms with van der Waals surface area (Å²) in [6.45, 7) is 10.5. The number of piperidine rings is 1. The highest BCUT2D eigenvalue weighted by molar-refractivity contribution is 7.89. The largest absolute Gasteiger partial charge is 0.314 e. The van der Waals surface area contributed by atoms with E-state index in [1.807, 2.05) is 13.8 Å². The third-order valence-corrected chi connectivity index (χ3v) is 5.44. The van der Waals surface area contributed by atoms with Crippen molar-refractivity contribution >= 4 is 10.0 Å². The monoisotopic (exact) mass is 276 g/mol. The molecule has 1 aliphatic rings. The summed E-state index contributed by atoms with van der Waals surface area (Å²) >= 11 is 0. The van der Waals surface area contributed by atoms with Crippen LogP contribution in [0.1, 0.15) is 40.5 Å². The first-order valence-corrected chi connectivity index (χ1v) is 8.63. The zero-order valence-electron chi connectivity index (χ0n) is 12.1. The van der Waals surface area contributed by atoms with E-state index in [2.05, 4.69) is 19.2 Å². The molecule has 0 saturated carbocycles. The van der Waals surface area contributed by atoms with Gasteiger partial charge in [0, 0.05) is 19.1 Å². The van der Waals surface area contributed by atoms with Crippen LogP contribution in [0.15, 0.2) is 0 Å². The maximum absolute atomic E-state index is 12.2. The van der Waals surface area contributed by atoms with E-state index in [1.165, 1.54) is 0 Å². The van der Waals surface area contributed by atoms with E-state index < -0.39 is 10.0 Å². The Labute approximate surface area is 112 Å². The Morgan fingerprint density at radius 2 is 1.94 bits per heavy atom. The zero-order chi connectivity index (χ0) is 13.8. The number of nitrogens with one attached hydrogen (secondary N) is 1. The van der Waals surface area contributed by atoms with Gasteiger partial charge in [-0.15, -0.1) is 0 Å². The van der Waals surface area contributed by atoms with E-state index in [-0.39, 0.29) is 11.7 Å². The molecule has 1 atom stereocenters. The van der Waals surface area contributed by atoms with Crippen LogP contribution in [0.25, 0.3) is 0 Å². The van der Waals surface area contributed by atoms with E-state index in [0.717, 1.165) is 19.4 Å². The summed E-state index contributed by atoms with van der Waals surface area (Å²) in [6.07, 6.45) is 2.12. The number of nitrogens with zero attached hydrogens (tertiary/aromatic N) is 1. The highest BCUT2D eigenvalue weighted by atomic mass is 32.2. The summed E-state index contributed by atoms with van der Waals surface area (Å²) in [6, 6.07) is 0.465. The van der Waals surface area contributed by atoms with Gasteiger partial charge in [0.15, 0.2) is 0 Å². The van der Waals surface area contributed by atoms with Crippen LogP contribution in [0.4, 0.5) is 0 Å². The van der Waals surface area contributed by atoms with Crippen molar-refractivity contribution in [2.24, 2.45) is 11.8 Å². The van der Waals surface area contributed by atoms with Crippen molar-refractivity contribution in [3.8, 4) is 0 Å². The lowest BCUT2D eigenvalue weighted by atomic mass is 9.99. The SMILES string of the molecule is CC(C)CS(=O)(=O)N1CCCC(CNC(C)C)C1. The zero-order valence-corrected chi connectivity index (χ0v) is 13.0.